The van der Waals surface area contributed by atoms with Gasteiger partial charge < -0.3 is 11.1 Å². The van der Waals surface area contributed by atoms with Crippen LogP contribution in [-0.2, 0) is 15.0 Å². The van der Waals surface area contributed by atoms with E-state index in [1.54, 1.807) is 0 Å². The van der Waals surface area contributed by atoms with Crippen LogP contribution in [0.4, 0.5) is 0 Å². The molecule has 0 aliphatic heterocycles. The van der Waals surface area contributed by atoms with Gasteiger partial charge in [0.05, 0.1) is 0 Å². The summed E-state index contributed by atoms with van der Waals surface area (Å²) in [5.41, 5.74) is 11.3. The molecule has 0 heterocycles. The third-order valence-corrected chi connectivity index (χ3v) is 7.77. The molecule has 6 rings (SSSR count). The van der Waals surface area contributed by atoms with Crippen molar-refractivity contribution < 1.29 is 9.59 Å². The number of fused-ring (bicyclic) bond motifs is 3. The van der Waals surface area contributed by atoms with Crippen LogP contribution in [-0.4, -0.2) is 17.9 Å². The van der Waals surface area contributed by atoms with Crippen LogP contribution in [0.5, 0.6) is 0 Å². The fourth-order valence-corrected chi connectivity index (χ4v) is 6.08. The Hall–Kier alpha value is -4.96. The number of rotatable bonds is 7. The third-order valence-electron chi connectivity index (χ3n) is 7.77. The quantitative estimate of drug-likeness (QED) is 0.273. The molecule has 5 aromatic rings. The molecule has 0 saturated heterocycles. The molecule has 0 aromatic heterocycles. The van der Waals surface area contributed by atoms with Crippen molar-refractivity contribution in [1.82, 2.24) is 5.32 Å². The van der Waals surface area contributed by atoms with Crippen LogP contribution in [0.1, 0.15) is 33.7 Å². The lowest BCUT2D eigenvalue weighted by Gasteiger charge is -2.36. The van der Waals surface area contributed by atoms with Crippen molar-refractivity contribution in [3.63, 3.8) is 0 Å². The van der Waals surface area contributed by atoms with Crippen molar-refractivity contribution in [2.24, 2.45) is 5.73 Å². The Bertz CT molecular complexity index is 1490. The van der Waals surface area contributed by atoms with Crippen LogP contribution >= 0.6 is 0 Å². The summed E-state index contributed by atoms with van der Waals surface area (Å²) < 4.78 is 0. The second-order valence-electron chi connectivity index (χ2n) is 9.85. The van der Waals surface area contributed by atoms with Crippen LogP contribution in [0.15, 0.2) is 140 Å². The molecular weight excluding hydrogens is 480 g/mol. The Kier molecular flexibility index (Phi) is 6.29. The van der Waals surface area contributed by atoms with Gasteiger partial charge in [-0.15, -0.1) is 0 Å². The molecule has 0 unspecified atom stereocenters. The van der Waals surface area contributed by atoms with E-state index in [2.05, 4.69) is 17.4 Å². The van der Waals surface area contributed by atoms with Gasteiger partial charge in [-0.3, -0.25) is 9.59 Å². The molecule has 0 spiro atoms. The van der Waals surface area contributed by atoms with E-state index in [-0.39, 0.29) is 5.91 Å². The minimum atomic E-state index is -1.21. The maximum Gasteiger partial charge on any atom is 0.240 e. The smallest absolute Gasteiger partial charge is 0.240 e. The molecule has 1 atom stereocenters. The first-order valence-corrected chi connectivity index (χ1v) is 13.1. The highest BCUT2D eigenvalue weighted by Gasteiger charge is 2.47. The maximum absolute atomic E-state index is 14.8. The van der Waals surface area contributed by atoms with Crippen molar-refractivity contribution in [2.75, 3.05) is 0 Å². The predicted molar refractivity (Wildman–Crippen MR) is 154 cm³/mol. The second-order valence-corrected chi connectivity index (χ2v) is 9.85. The van der Waals surface area contributed by atoms with E-state index in [1.807, 2.05) is 127 Å². The van der Waals surface area contributed by atoms with Crippen molar-refractivity contribution in [3.05, 3.63) is 167 Å². The molecular formula is C35H28N2O2. The number of primary amides is 1. The number of hydrogen-bond acceptors (Lipinski definition) is 2. The molecule has 0 bridgehead atoms. The van der Waals surface area contributed by atoms with Gasteiger partial charge in [-0.2, -0.15) is 0 Å². The summed E-state index contributed by atoms with van der Waals surface area (Å²) in [6.07, 6.45) is 0. The minimum Gasteiger partial charge on any atom is -0.368 e. The van der Waals surface area contributed by atoms with E-state index in [0.717, 1.165) is 38.9 Å². The number of hydrogen-bond donors (Lipinski definition) is 2. The number of benzene rings is 5. The largest absolute Gasteiger partial charge is 0.368 e. The molecule has 0 radical (unpaired) electrons. The molecule has 4 nitrogen and oxygen atoms in total. The van der Waals surface area contributed by atoms with Gasteiger partial charge in [0.1, 0.15) is 11.5 Å². The fraction of sp³-hybridized carbons (Fsp3) is 0.0857. The molecule has 39 heavy (non-hydrogen) atoms. The number of amides is 2. The standard InChI is InChI=1S/C35H28N2O2/c36-33(38)32(31-29-22-12-10-20-27(29)28-21-11-13-23-30(28)31)37-34(39)35(24-14-4-1-5-15-24,25-16-6-2-7-17-25)26-18-8-3-9-19-26/h1-23,31-32H,(H2,36,38)(H,37,39)/t32-/m0/s1. The monoisotopic (exact) mass is 508 g/mol. The lowest BCUT2D eigenvalue weighted by Crippen LogP contribution is -2.55. The fourth-order valence-electron chi connectivity index (χ4n) is 6.08. The van der Waals surface area contributed by atoms with Crippen LogP contribution in [0, 0.1) is 0 Å². The molecule has 1 aliphatic rings. The van der Waals surface area contributed by atoms with Gasteiger partial charge in [-0.25, -0.2) is 0 Å². The van der Waals surface area contributed by atoms with Crippen LogP contribution in [0.2, 0.25) is 0 Å². The zero-order valence-corrected chi connectivity index (χ0v) is 21.3. The van der Waals surface area contributed by atoms with E-state index in [4.69, 9.17) is 5.73 Å². The van der Waals surface area contributed by atoms with E-state index >= 15 is 0 Å². The van der Waals surface area contributed by atoms with Gasteiger partial charge in [0, 0.05) is 5.92 Å². The minimum absolute atomic E-state index is 0.309. The first-order chi connectivity index (χ1) is 19.1. The summed E-state index contributed by atoms with van der Waals surface area (Å²) in [6.45, 7) is 0. The average Bonchev–Trinajstić information content (AvgIpc) is 3.32. The molecule has 190 valence electrons. The highest BCUT2D eigenvalue weighted by molar-refractivity contribution is 5.99. The van der Waals surface area contributed by atoms with E-state index in [9.17, 15) is 9.59 Å². The van der Waals surface area contributed by atoms with Gasteiger partial charge in [0.25, 0.3) is 0 Å². The summed E-state index contributed by atoms with van der Waals surface area (Å²) in [5.74, 6) is -1.29. The van der Waals surface area contributed by atoms with Crippen molar-refractivity contribution in [2.45, 2.75) is 17.4 Å². The van der Waals surface area contributed by atoms with Gasteiger partial charge >= 0.3 is 0 Å². The Balaban J connectivity index is 1.53. The summed E-state index contributed by atoms with van der Waals surface area (Å²) in [4.78, 5) is 28.0. The number of carbonyl (C=O) groups is 2. The van der Waals surface area contributed by atoms with Gasteiger partial charge in [0.2, 0.25) is 11.8 Å². The van der Waals surface area contributed by atoms with E-state index in [1.165, 1.54) is 0 Å². The number of nitrogens with one attached hydrogen (secondary N) is 1. The molecule has 5 aromatic carbocycles. The molecule has 0 fully saturated rings. The van der Waals surface area contributed by atoms with Crippen LogP contribution < -0.4 is 11.1 Å². The molecule has 4 heteroatoms. The third kappa shape index (κ3) is 4.02. The Morgan fingerprint density at radius 1 is 0.564 bits per heavy atom. The predicted octanol–water partition coefficient (Wildman–Crippen LogP) is 5.80. The van der Waals surface area contributed by atoms with Gasteiger partial charge in [-0.05, 0) is 38.9 Å². The first-order valence-electron chi connectivity index (χ1n) is 13.1. The van der Waals surface area contributed by atoms with Crippen molar-refractivity contribution >= 4 is 11.8 Å². The zero-order valence-electron chi connectivity index (χ0n) is 21.3. The average molecular weight is 509 g/mol. The Morgan fingerprint density at radius 2 is 0.923 bits per heavy atom. The second kappa shape index (κ2) is 10.1. The topological polar surface area (TPSA) is 72.2 Å². The Labute approximate surface area is 228 Å². The molecule has 0 saturated carbocycles. The molecule has 2 amide bonds. The summed E-state index contributed by atoms with van der Waals surface area (Å²) in [5, 5.41) is 3.16. The van der Waals surface area contributed by atoms with E-state index < -0.39 is 23.3 Å². The van der Waals surface area contributed by atoms with E-state index in [0.29, 0.717) is 0 Å². The first kappa shape index (κ1) is 24.4. The lowest BCUT2D eigenvalue weighted by molar-refractivity contribution is -0.129. The highest BCUT2D eigenvalue weighted by Crippen LogP contribution is 2.47. The number of nitrogens with two attached hydrogens (primary N) is 1. The maximum atomic E-state index is 14.8. The highest BCUT2D eigenvalue weighted by atomic mass is 16.2. The summed E-state index contributed by atoms with van der Waals surface area (Å²) in [7, 11) is 0. The zero-order chi connectivity index (χ0) is 26.8. The van der Waals surface area contributed by atoms with Crippen LogP contribution in [0.25, 0.3) is 11.1 Å². The van der Waals surface area contributed by atoms with Crippen molar-refractivity contribution in [3.8, 4) is 11.1 Å². The van der Waals surface area contributed by atoms with Crippen LogP contribution in [0.3, 0.4) is 0 Å². The SMILES string of the molecule is NC(=O)[C@@H](NC(=O)C(c1ccccc1)(c1ccccc1)c1ccccc1)C1c2ccccc2-c2ccccc21. The normalized spacial score (nSPS) is 13.2. The summed E-state index contributed by atoms with van der Waals surface area (Å²) >= 11 is 0. The molecule has 3 N–H and O–H groups in total. The van der Waals surface area contributed by atoms with Gasteiger partial charge in [-0.1, -0.05) is 140 Å². The van der Waals surface area contributed by atoms with Crippen molar-refractivity contribution in [1.29, 1.82) is 0 Å². The lowest BCUT2D eigenvalue weighted by atomic mass is 9.68. The number of carbonyl (C=O) groups excluding carboxylic acids is 2. The summed E-state index contributed by atoms with van der Waals surface area (Å²) in [6, 6.07) is 44.2. The Morgan fingerprint density at radius 3 is 1.31 bits per heavy atom. The van der Waals surface area contributed by atoms with Gasteiger partial charge in [0.15, 0.2) is 0 Å². The molecule has 1 aliphatic carbocycles.